The molecule has 2 aliphatic rings. The second-order valence-corrected chi connectivity index (χ2v) is 9.50. The molecular weight excluding hydrogens is 488 g/mol. The van der Waals surface area contributed by atoms with E-state index in [0.29, 0.717) is 18.5 Å². The van der Waals surface area contributed by atoms with E-state index in [2.05, 4.69) is 0 Å². The van der Waals surface area contributed by atoms with Gasteiger partial charge in [-0.25, -0.2) is 4.79 Å². The second kappa shape index (κ2) is 10.4. The van der Waals surface area contributed by atoms with E-state index in [0.717, 1.165) is 12.0 Å². The number of fused-ring (bicyclic) bond motifs is 1. The van der Waals surface area contributed by atoms with Crippen LogP contribution in [0.15, 0.2) is 78.9 Å². The molecule has 0 aromatic heterocycles. The molecule has 0 N–H and O–H groups in total. The lowest BCUT2D eigenvalue weighted by Crippen LogP contribution is -2.31. The molecule has 5 rings (SSSR count). The highest BCUT2D eigenvalue weighted by Gasteiger charge is 2.50. The fourth-order valence-electron chi connectivity index (χ4n) is 5.30. The lowest BCUT2D eigenvalue weighted by atomic mass is 9.73. The van der Waals surface area contributed by atoms with Crippen molar-refractivity contribution in [2.75, 3.05) is 11.5 Å². The molecule has 9 nitrogen and oxygen atoms in total. The van der Waals surface area contributed by atoms with Crippen molar-refractivity contribution in [3.8, 4) is 0 Å². The van der Waals surface area contributed by atoms with Crippen LogP contribution in [-0.4, -0.2) is 35.1 Å². The van der Waals surface area contributed by atoms with E-state index in [9.17, 15) is 29.3 Å². The Kier molecular flexibility index (Phi) is 6.83. The predicted molar refractivity (Wildman–Crippen MR) is 137 cm³/mol. The Morgan fingerprint density at radius 2 is 1.58 bits per heavy atom. The summed E-state index contributed by atoms with van der Waals surface area (Å²) < 4.78 is 5.14. The first-order chi connectivity index (χ1) is 18.3. The molecule has 3 aromatic carbocycles. The largest absolute Gasteiger partial charge is 0.454 e. The van der Waals surface area contributed by atoms with E-state index in [4.69, 9.17) is 4.74 Å². The maximum Gasteiger partial charge on any atom is 0.338 e. The molecule has 0 spiro atoms. The molecule has 1 aliphatic carbocycles. The summed E-state index contributed by atoms with van der Waals surface area (Å²) in [6, 6.07) is 21.0. The van der Waals surface area contributed by atoms with Gasteiger partial charge in [-0.3, -0.25) is 29.4 Å². The number of carbonyl (C=O) groups is 4. The first kappa shape index (κ1) is 25.0. The number of nitrogens with zero attached hydrogens (tertiary/aromatic N) is 2. The molecule has 1 saturated heterocycles. The van der Waals surface area contributed by atoms with Gasteiger partial charge in [-0.2, -0.15) is 0 Å². The van der Waals surface area contributed by atoms with Crippen LogP contribution in [0.5, 0.6) is 0 Å². The van der Waals surface area contributed by atoms with Gasteiger partial charge >= 0.3 is 5.97 Å². The maximum atomic E-state index is 13.3. The van der Waals surface area contributed by atoms with Crippen LogP contribution >= 0.6 is 0 Å². The van der Waals surface area contributed by atoms with Crippen molar-refractivity contribution in [1.82, 2.24) is 0 Å². The normalized spacial score (nSPS) is 20.6. The third kappa shape index (κ3) is 4.82. The summed E-state index contributed by atoms with van der Waals surface area (Å²) in [4.78, 5) is 62.9. The minimum Gasteiger partial charge on any atom is -0.454 e. The van der Waals surface area contributed by atoms with Gasteiger partial charge in [0.2, 0.25) is 11.8 Å². The molecule has 9 heteroatoms. The van der Waals surface area contributed by atoms with Crippen molar-refractivity contribution in [1.29, 1.82) is 0 Å². The number of esters is 1. The number of nitro benzene ring substituents is 1. The average Bonchev–Trinajstić information content (AvgIpc) is 3.20. The summed E-state index contributed by atoms with van der Waals surface area (Å²) in [5, 5.41) is 10.8. The standard InChI is InChI=1S/C29H24N2O7/c32-26(19-9-12-22(13-10-19)31(36)37)17-38-29(35)21-7-4-8-23(15-21)30-27(33)24-14-11-20(16-25(24)28(30)34)18-5-2-1-3-6-18/h1-10,12-13,15,20,24-25H,11,14,16-17H2/t20-,24-,25+/m1/s1. The van der Waals surface area contributed by atoms with Gasteiger partial charge in [0, 0.05) is 17.7 Å². The Balaban J connectivity index is 1.26. The zero-order valence-corrected chi connectivity index (χ0v) is 20.3. The number of Topliss-reactive ketones (excluding diaryl/α,β-unsaturated/α-hetero) is 1. The third-order valence-electron chi connectivity index (χ3n) is 7.27. The number of benzene rings is 3. The topological polar surface area (TPSA) is 124 Å². The monoisotopic (exact) mass is 512 g/mol. The van der Waals surface area contributed by atoms with Crippen LogP contribution in [0, 0.1) is 22.0 Å². The number of non-ortho nitro benzene ring substituents is 1. The van der Waals surface area contributed by atoms with Crippen LogP contribution < -0.4 is 4.90 Å². The summed E-state index contributed by atoms with van der Waals surface area (Å²) in [6.45, 7) is -0.562. The Morgan fingerprint density at radius 3 is 2.29 bits per heavy atom. The number of amides is 2. The highest BCUT2D eigenvalue weighted by Crippen LogP contribution is 2.45. The maximum absolute atomic E-state index is 13.3. The minimum atomic E-state index is -0.789. The van der Waals surface area contributed by atoms with Gasteiger partial charge in [0.1, 0.15) is 0 Å². The van der Waals surface area contributed by atoms with E-state index in [1.165, 1.54) is 41.3 Å². The van der Waals surface area contributed by atoms with Gasteiger partial charge < -0.3 is 4.74 Å². The molecule has 1 heterocycles. The molecule has 2 amide bonds. The Morgan fingerprint density at radius 1 is 0.868 bits per heavy atom. The van der Waals surface area contributed by atoms with Crippen molar-refractivity contribution in [2.45, 2.75) is 25.2 Å². The van der Waals surface area contributed by atoms with Gasteiger partial charge in [0.15, 0.2) is 12.4 Å². The zero-order valence-electron chi connectivity index (χ0n) is 20.3. The highest BCUT2D eigenvalue weighted by atomic mass is 16.6. The van der Waals surface area contributed by atoms with Crippen molar-refractivity contribution in [3.05, 3.63) is 106 Å². The summed E-state index contributed by atoms with van der Waals surface area (Å²) in [7, 11) is 0. The summed E-state index contributed by atoms with van der Waals surface area (Å²) in [6.07, 6.45) is 2.05. The molecule has 38 heavy (non-hydrogen) atoms. The molecule has 192 valence electrons. The lowest BCUT2D eigenvalue weighted by Gasteiger charge is -2.28. The number of anilines is 1. The number of hydrogen-bond acceptors (Lipinski definition) is 7. The van der Waals surface area contributed by atoms with Gasteiger partial charge in [-0.15, -0.1) is 0 Å². The predicted octanol–water partition coefficient (Wildman–Crippen LogP) is 4.71. The van der Waals surface area contributed by atoms with Crippen LogP contribution in [0.2, 0.25) is 0 Å². The quantitative estimate of drug-likeness (QED) is 0.148. The van der Waals surface area contributed by atoms with Crippen LogP contribution in [0.4, 0.5) is 11.4 Å². The van der Waals surface area contributed by atoms with E-state index < -0.39 is 29.2 Å². The molecule has 0 unspecified atom stereocenters. The number of nitro groups is 1. The lowest BCUT2D eigenvalue weighted by molar-refractivity contribution is -0.384. The van der Waals surface area contributed by atoms with Gasteiger partial charge in [-0.1, -0.05) is 36.4 Å². The molecule has 0 radical (unpaired) electrons. The van der Waals surface area contributed by atoms with Crippen LogP contribution in [-0.2, 0) is 14.3 Å². The number of ketones is 1. The van der Waals surface area contributed by atoms with Gasteiger partial charge in [-0.05, 0) is 61.1 Å². The van der Waals surface area contributed by atoms with Crippen molar-refractivity contribution < 1.29 is 28.8 Å². The Labute approximate surface area is 218 Å². The van der Waals surface area contributed by atoms with Crippen LogP contribution in [0.3, 0.4) is 0 Å². The first-order valence-corrected chi connectivity index (χ1v) is 12.3. The molecular formula is C29H24N2O7. The van der Waals surface area contributed by atoms with E-state index in [-0.39, 0.29) is 40.5 Å². The van der Waals surface area contributed by atoms with Gasteiger partial charge in [0.05, 0.1) is 28.0 Å². The molecule has 1 aliphatic heterocycles. The van der Waals surface area contributed by atoms with Gasteiger partial charge in [0.25, 0.3) is 5.69 Å². The van der Waals surface area contributed by atoms with Crippen LogP contribution in [0.1, 0.15) is 51.5 Å². The fraction of sp³-hybridized carbons (Fsp3) is 0.241. The summed E-state index contributed by atoms with van der Waals surface area (Å²) >= 11 is 0. The number of ether oxygens (including phenoxy) is 1. The van der Waals surface area contributed by atoms with E-state index in [1.807, 2.05) is 30.3 Å². The molecule has 3 atom stereocenters. The molecule has 1 saturated carbocycles. The molecule has 0 bridgehead atoms. The third-order valence-corrected chi connectivity index (χ3v) is 7.27. The second-order valence-electron chi connectivity index (χ2n) is 9.50. The van der Waals surface area contributed by atoms with E-state index >= 15 is 0 Å². The van der Waals surface area contributed by atoms with E-state index in [1.54, 1.807) is 12.1 Å². The fourth-order valence-corrected chi connectivity index (χ4v) is 5.30. The first-order valence-electron chi connectivity index (χ1n) is 12.3. The van der Waals surface area contributed by atoms with Crippen LogP contribution in [0.25, 0.3) is 0 Å². The Bertz CT molecular complexity index is 1420. The highest BCUT2D eigenvalue weighted by molar-refractivity contribution is 6.22. The SMILES string of the molecule is O=C(COC(=O)c1cccc(N2C(=O)[C@H]3C[C@H](c4ccccc4)CC[C@H]3C2=O)c1)c1ccc([N+](=O)[O-])cc1. The Hall–Kier alpha value is -4.66. The average molecular weight is 513 g/mol. The van der Waals surface area contributed by atoms with Crippen molar-refractivity contribution in [3.63, 3.8) is 0 Å². The number of carbonyl (C=O) groups excluding carboxylic acids is 4. The molecule has 3 aromatic rings. The smallest absolute Gasteiger partial charge is 0.338 e. The van der Waals surface area contributed by atoms with Crippen molar-refractivity contribution in [2.24, 2.45) is 11.8 Å². The van der Waals surface area contributed by atoms with Crippen molar-refractivity contribution >= 4 is 34.9 Å². The number of imide groups is 1. The zero-order chi connectivity index (χ0) is 26.8. The minimum absolute atomic E-state index is 0.0941. The summed E-state index contributed by atoms with van der Waals surface area (Å²) in [5.41, 5.74) is 1.56. The molecule has 2 fully saturated rings. The summed E-state index contributed by atoms with van der Waals surface area (Å²) in [5.74, 6) is -2.41. The number of hydrogen-bond donors (Lipinski definition) is 0. The number of rotatable bonds is 7.